The Bertz CT molecular complexity index is 278. The number of nitrogens with zero attached hydrogens (tertiary/aromatic N) is 1. The average molecular weight is 213 g/mol. The minimum absolute atomic E-state index is 0.364. The number of rotatable bonds is 0. The van der Waals surface area contributed by atoms with Gasteiger partial charge in [0.1, 0.15) is 0 Å². The minimum Gasteiger partial charge on any atom is -0.474 e. The van der Waals surface area contributed by atoms with Crippen LogP contribution in [0.1, 0.15) is 47.0 Å². The van der Waals surface area contributed by atoms with Crippen LogP contribution in [0.4, 0.5) is 0 Å². The number of piperidine rings is 1. The molecule has 1 heterocycles. The third-order valence-corrected chi connectivity index (χ3v) is 3.17. The first-order valence-corrected chi connectivity index (χ1v) is 5.26. The normalized spacial score (nSPS) is 23.6. The first kappa shape index (κ1) is 12.0. The van der Waals surface area contributed by atoms with Gasteiger partial charge in [-0.2, -0.15) is 0 Å². The Balaban J connectivity index is 3.07. The van der Waals surface area contributed by atoms with Crippen molar-refractivity contribution >= 4 is 11.9 Å². The number of carbonyl (C=O) groups is 2. The van der Waals surface area contributed by atoms with E-state index in [1.807, 2.05) is 27.7 Å². The minimum atomic E-state index is -1.36. The van der Waals surface area contributed by atoms with Gasteiger partial charge in [-0.05, 0) is 47.0 Å². The van der Waals surface area contributed by atoms with Gasteiger partial charge in [0.15, 0.2) is 0 Å². The van der Waals surface area contributed by atoms with Crippen LogP contribution in [0.3, 0.4) is 0 Å². The summed E-state index contributed by atoms with van der Waals surface area (Å²) in [6.07, 6.45) is 2.74. The molecule has 1 aliphatic rings. The number of carbonyl (C=O) groups excluding carboxylic acids is 1. The van der Waals surface area contributed by atoms with Crippen LogP contribution in [0.25, 0.3) is 0 Å². The molecular formula is C11H19NO3. The van der Waals surface area contributed by atoms with Gasteiger partial charge in [0.2, 0.25) is 0 Å². The molecule has 86 valence electrons. The van der Waals surface area contributed by atoms with Gasteiger partial charge in [-0.15, -0.1) is 0 Å². The van der Waals surface area contributed by atoms with E-state index < -0.39 is 11.9 Å². The molecule has 0 aromatic heterocycles. The van der Waals surface area contributed by atoms with Crippen molar-refractivity contribution < 1.29 is 14.7 Å². The summed E-state index contributed by atoms with van der Waals surface area (Å²) in [5.74, 6) is -2.15. The van der Waals surface area contributed by atoms with Gasteiger partial charge in [0.05, 0.1) is 0 Å². The van der Waals surface area contributed by atoms with Crippen LogP contribution in [0, 0.1) is 0 Å². The van der Waals surface area contributed by atoms with Crippen molar-refractivity contribution in [1.82, 2.24) is 4.90 Å². The first-order valence-electron chi connectivity index (χ1n) is 5.26. The fourth-order valence-electron chi connectivity index (χ4n) is 2.64. The summed E-state index contributed by atoms with van der Waals surface area (Å²) in [6.45, 7) is 7.70. The van der Waals surface area contributed by atoms with Gasteiger partial charge in [-0.25, -0.2) is 4.79 Å². The number of likely N-dealkylation sites (tertiary alicyclic amines) is 1. The van der Waals surface area contributed by atoms with E-state index in [9.17, 15) is 9.59 Å². The molecular weight excluding hydrogens is 194 g/mol. The molecule has 0 aliphatic carbocycles. The molecule has 1 aliphatic heterocycles. The maximum absolute atomic E-state index is 11.7. The number of hydrogen-bond acceptors (Lipinski definition) is 2. The van der Waals surface area contributed by atoms with Crippen LogP contribution in [-0.2, 0) is 9.59 Å². The maximum Gasteiger partial charge on any atom is 0.394 e. The number of amides is 1. The molecule has 1 saturated heterocycles. The van der Waals surface area contributed by atoms with E-state index in [0.29, 0.717) is 0 Å². The molecule has 1 fully saturated rings. The third kappa shape index (κ3) is 2.13. The van der Waals surface area contributed by atoms with Crippen LogP contribution < -0.4 is 0 Å². The van der Waals surface area contributed by atoms with E-state index in [-0.39, 0.29) is 11.1 Å². The number of carboxylic acids is 1. The molecule has 0 atom stereocenters. The molecule has 1 N–H and O–H groups in total. The lowest BCUT2D eigenvalue weighted by Crippen LogP contribution is -2.62. The van der Waals surface area contributed by atoms with Gasteiger partial charge in [-0.3, -0.25) is 4.79 Å². The summed E-state index contributed by atoms with van der Waals surface area (Å²) in [5.41, 5.74) is -0.728. The molecule has 0 saturated carbocycles. The third-order valence-electron chi connectivity index (χ3n) is 3.17. The van der Waals surface area contributed by atoms with Crippen LogP contribution in [0.5, 0.6) is 0 Å². The predicted octanol–water partition coefficient (Wildman–Crippen LogP) is 1.64. The van der Waals surface area contributed by atoms with Gasteiger partial charge < -0.3 is 10.0 Å². The lowest BCUT2D eigenvalue weighted by molar-refractivity contribution is -0.166. The van der Waals surface area contributed by atoms with Gasteiger partial charge >= 0.3 is 11.9 Å². The van der Waals surface area contributed by atoms with E-state index in [4.69, 9.17) is 5.11 Å². The zero-order valence-corrected chi connectivity index (χ0v) is 9.83. The Morgan fingerprint density at radius 3 is 1.80 bits per heavy atom. The second kappa shape index (κ2) is 3.51. The second-order valence-electron chi connectivity index (χ2n) is 5.42. The highest BCUT2D eigenvalue weighted by Crippen LogP contribution is 2.38. The molecule has 0 unspecified atom stereocenters. The average Bonchev–Trinajstić information content (AvgIpc) is 1.99. The van der Waals surface area contributed by atoms with Crippen molar-refractivity contribution in [3.8, 4) is 0 Å². The lowest BCUT2D eigenvalue weighted by atomic mass is 9.80. The molecule has 0 spiro atoms. The molecule has 1 rings (SSSR count). The summed E-state index contributed by atoms with van der Waals surface area (Å²) >= 11 is 0. The smallest absolute Gasteiger partial charge is 0.394 e. The maximum atomic E-state index is 11.7. The van der Waals surface area contributed by atoms with Crippen molar-refractivity contribution in [3.63, 3.8) is 0 Å². The summed E-state index contributed by atoms with van der Waals surface area (Å²) in [5, 5.41) is 8.81. The molecule has 0 radical (unpaired) electrons. The molecule has 0 aromatic rings. The van der Waals surface area contributed by atoms with Gasteiger partial charge in [-0.1, -0.05) is 0 Å². The van der Waals surface area contributed by atoms with Crippen LogP contribution in [0.15, 0.2) is 0 Å². The monoisotopic (exact) mass is 213 g/mol. The topological polar surface area (TPSA) is 57.6 Å². The zero-order chi connectivity index (χ0) is 11.9. The highest BCUT2D eigenvalue weighted by atomic mass is 16.4. The van der Waals surface area contributed by atoms with Crippen molar-refractivity contribution in [2.75, 3.05) is 0 Å². The van der Waals surface area contributed by atoms with E-state index in [1.165, 1.54) is 4.90 Å². The number of carboxylic acid groups (broad SMARTS) is 1. The number of hydrogen-bond donors (Lipinski definition) is 1. The molecule has 0 aromatic carbocycles. The summed E-state index contributed by atoms with van der Waals surface area (Å²) in [4.78, 5) is 24.0. The van der Waals surface area contributed by atoms with Crippen molar-refractivity contribution in [2.24, 2.45) is 0 Å². The predicted molar refractivity (Wildman–Crippen MR) is 56.5 cm³/mol. The van der Waals surface area contributed by atoms with E-state index in [1.54, 1.807) is 0 Å². The standard InChI is InChI=1S/C11H19NO3/c1-10(2)6-5-7-11(3,4)12(10)8(13)9(14)15/h5-7H2,1-4H3,(H,14,15). The summed E-state index contributed by atoms with van der Waals surface area (Å²) in [6, 6.07) is 0. The fraction of sp³-hybridized carbons (Fsp3) is 0.818. The number of aliphatic carboxylic acids is 1. The Labute approximate surface area is 90.3 Å². The van der Waals surface area contributed by atoms with Crippen LogP contribution in [-0.4, -0.2) is 33.0 Å². The molecule has 4 heteroatoms. The first-order chi connectivity index (χ1) is 6.68. The van der Waals surface area contributed by atoms with E-state index in [0.717, 1.165) is 19.3 Å². The lowest BCUT2D eigenvalue weighted by Gasteiger charge is -2.52. The second-order valence-corrected chi connectivity index (χ2v) is 5.42. The highest BCUT2D eigenvalue weighted by molar-refractivity contribution is 6.31. The van der Waals surface area contributed by atoms with Crippen LogP contribution in [0.2, 0.25) is 0 Å². The highest BCUT2D eigenvalue weighted by Gasteiger charge is 2.46. The molecule has 15 heavy (non-hydrogen) atoms. The molecule has 0 bridgehead atoms. The van der Waals surface area contributed by atoms with Gasteiger partial charge in [0, 0.05) is 11.1 Å². The Hall–Kier alpha value is -1.06. The van der Waals surface area contributed by atoms with Crippen molar-refractivity contribution in [1.29, 1.82) is 0 Å². The van der Waals surface area contributed by atoms with Crippen molar-refractivity contribution in [2.45, 2.75) is 58.0 Å². The largest absolute Gasteiger partial charge is 0.474 e. The Kier molecular flexibility index (Phi) is 2.81. The Morgan fingerprint density at radius 1 is 1.07 bits per heavy atom. The SMILES string of the molecule is CC1(C)CCCC(C)(C)N1C(=O)C(=O)O. The Morgan fingerprint density at radius 2 is 1.47 bits per heavy atom. The van der Waals surface area contributed by atoms with Crippen molar-refractivity contribution in [3.05, 3.63) is 0 Å². The quantitative estimate of drug-likeness (QED) is 0.622. The van der Waals surface area contributed by atoms with Gasteiger partial charge in [0.25, 0.3) is 0 Å². The van der Waals surface area contributed by atoms with E-state index >= 15 is 0 Å². The van der Waals surface area contributed by atoms with Crippen LogP contribution >= 0.6 is 0 Å². The zero-order valence-electron chi connectivity index (χ0n) is 9.83. The fourth-order valence-corrected chi connectivity index (χ4v) is 2.64. The molecule has 1 amide bonds. The summed E-state index contributed by atoms with van der Waals surface area (Å²) < 4.78 is 0. The van der Waals surface area contributed by atoms with E-state index in [2.05, 4.69) is 0 Å². The molecule has 4 nitrogen and oxygen atoms in total. The summed E-state index contributed by atoms with van der Waals surface area (Å²) in [7, 11) is 0.